The van der Waals surface area contributed by atoms with Gasteiger partial charge in [0.1, 0.15) is 0 Å². The van der Waals surface area contributed by atoms with E-state index in [1.165, 1.54) is 11.1 Å². The first-order valence-corrected chi connectivity index (χ1v) is 8.86. The average molecular weight is 325 g/mol. The van der Waals surface area contributed by atoms with Crippen LogP contribution in [-0.2, 0) is 0 Å². The third-order valence-corrected chi connectivity index (χ3v) is 4.16. The van der Waals surface area contributed by atoms with Gasteiger partial charge in [0.15, 0.2) is 0 Å². The highest BCUT2D eigenvalue weighted by Crippen LogP contribution is 2.22. The second kappa shape index (κ2) is 11.5. The number of benzene rings is 2. The second-order valence-electron chi connectivity index (χ2n) is 5.89. The quantitative estimate of drug-likeness (QED) is 0.774. The summed E-state index contributed by atoms with van der Waals surface area (Å²) in [6, 6.07) is 21.2. The Labute approximate surface area is 148 Å². The van der Waals surface area contributed by atoms with Crippen molar-refractivity contribution in [2.75, 3.05) is 19.6 Å². The van der Waals surface area contributed by atoms with Crippen LogP contribution in [0.5, 0.6) is 0 Å². The lowest BCUT2D eigenvalue weighted by molar-refractivity contribution is 0.359. The summed E-state index contributed by atoms with van der Waals surface area (Å²) < 4.78 is 0. The predicted octanol–water partition coefficient (Wildman–Crippen LogP) is 5.03. The monoisotopic (exact) mass is 324 g/mol. The molecule has 0 unspecified atom stereocenters. The summed E-state index contributed by atoms with van der Waals surface area (Å²) in [5, 5.41) is 0. The van der Waals surface area contributed by atoms with Crippen molar-refractivity contribution >= 4 is 0 Å². The van der Waals surface area contributed by atoms with Gasteiger partial charge in [-0.3, -0.25) is 0 Å². The molecule has 0 amide bonds. The third-order valence-electron chi connectivity index (χ3n) is 4.16. The molecule has 130 valence electrons. The molecule has 0 fully saturated rings. The molecule has 0 saturated carbocycles. The maximum absolute atomic E-state index is 5.44. The van der Waals surface area contributed by atoms with Gasteiger partial charge in [0.05, 0.1) is 0 Å². The summed E-state index contributed by atoms with van der Waals surface area (Å²) in [5.41, 5.74) is 9.23. The molecule has 2 nitrogen and oxygen atoms in total. The third kappa shape index (κ3) is 6.59. The Morgan fingerprint density at radius 2 is 1.42 bits per heavy atom. The van der Waals surface area contributed by atoms with E-state index in [-0.39, 0.29) is 0 Å². The fraction of sp³-hybridized carbons (Fsp3) is 0.364. The molecule has 0 aromatic heterocycles. The van der Waals surface area contributed by atoms with E-state index in [1.54, 1.807) is 0 Å². The Hall–Kier alpha value is -2.06. The van der Waals surface area contributed by atoms with Gasteiger partial charge >= 0.3 is 0 Å². The highest BCUT2D eigenvalue weighted by atomic mass is 15.1. The zero-order valence-electron chi connectivity index (χ0n) is 15.4. The predicted molar refractivity (Wildman–Crippen MR) is 106 cm³/mol. The topological polar surface area (TPSA) is 29.3 Å². The Morgan fingerprint density at radius 1 is 0.958 bits per heavy atom. The molecule has 0 bridgehead atoms. The van der Waals surface area contributed by atoms with Crippen LogP contribution in [-0.4, -0.2) is 24.5 Å². The van der Waals surface area contributed by atoms with E-state index in [4.69, 9.17) is 5.73 Å². The SMILES string of the molecule is C=C(CN)N(CC)CCC.CC(c1ccccc1)c1ccccc1. The van der Waals surface area contributed by atoms with Crippen molar-refractivity contribution in [2.24, 2.45) is 5.73 Å². The van der Waals surface area contributed by atoms with Crippen LogP contribution in [0.4, 0.5) is 0 Å². The van der Waals surface area contributed by atoms with Crippen molar-refractivity contribution < 1.29 is 0 Å². The first-order chi connectivity index (χ1) is 11.6. The smallest absolute Gasteiger partial charge is 0.0324 e. The van der Waals surface area contributed by atoms with Crippen molar-refractivity contribution in [1.82, 2.24) is 4.90 Å². The van der Waals surface area contributed by atoms with Gasteiger partial charge in [0.2, 0.25) is 0 Å². The standard InChI is InChI=1S/C14H14.C8H18N2/c1-12(13-8-4-2-5-9-13)14-10-6-3-7-11-14;1-4-6-10(5-2)8(3)7-9/h2-12H,1H3;3-7,9H2,1-2H3. The van der Waals surface area contributed by atoms with Crippen molar-refractivity contribution in [3.05, 3.63) is 84.1 Å². The van der Waals surface area contributed by atoms with E-state index in [9.17, 15) is 0 Å². The Kier molecular flexibility index (Phi) is 9.55. The summed E-state index contributed by atoms with van der Waals surface area (Å²) in [5.74, 6) is 0.484. The van der Waals surface area contributed by atoms with Gasteiger partial charge < -0.3 is 10.6 Å². The molecule has 2 heteroatoms. The molecule has 0 radical (unpaired) electrons. The highest BCUT2D eigenvalue weighted by molar-refractivity contribution is 5.31. The largest absolute Gasteiger partial charge is 0.375 e. The molecule has 0 atom stereocenters. The molecule has 2 rings (SSSR count). The van der Waals surface area contributed by atoms with Crippen molar-refractivity contribution in [3.8, 4) is 0 Å². The Bertz CT molecular complexity index is 524. The highest BCUT2D eigenvalue weighted by Gasteiger charge is 2.05. The minimum atomic E-state index is 0.484. The zero-order chi connectivity index (χ0) is 17.8. The molecule has 2 N–H and O–H groups in total. The molecule has 2 aromatic carbocycles. The lowest BCUT2D eigenvalue weighted by Gasteiger charge is -2.23. The van der Waals surface area contributed by atoms with Gasteiger partial charge in [-0.05, 0) is 24.5 Å². The van der Waals surface area contributed by atoms with Gasteiger partial charge in [-0.25, -0.2) is 0 Å². The van der Waals surface area contributed by atoms with E-state index in [1.807, 2.05) is 0 Å². The molecule has 0 aliphatic rings. The van der Waals surface area contributed by atoms with Crippen LogP contribution < -0.4 is 5.73 Å². The van der Waals surface area contributed by atoms with Gasteiger partial charge in [0, 0.05) is 31.2 Å². The van der Waals surface area contributed by atoms with E-state index in [2.05, 4.69) is 92.9 Å². The number of nitrogens with zero attached hydrogens (tertiary/aromatic N) is 1. The Morgan fingerprint density at radius 3 is 1.75 bits per heavy atom. The summed E-state index contributed by atoms with van der Waals surface area (Å²) in [7, 11) is 0. The van der Waals surface area contributed by atoms with E-state index in [0.29, 0.717) is 12.5 Å². The minimum absolute atomic E-state index is 0.484. The van der Waals surface area contributed by atoms with Crippen LogP contribution in [0.25, 0.3) is 0 Å². The summed E-state index contributed by atoms with van der Waals surface area (Å²) in [6.07, 6.45) is 1.16. The molecule has 0 aliphatic carbocycles. The van der Waals surface area contributed by atoms with Crippen LogP contribution in [0.2, 0.25) is 0 Å². The molecule has 0 saturated heterocycles. The second-order valence-corrected chi connectivity index (χ2v) is 5.89. The lowest BCUT2D eigenvalue weighted by atomic mass is 9.93. The molecule has 24 heavy (non-hydrogen) atoms. The van der Waals surface area contributed by atoms with Crippen molar-refractivity contribution in [2.45, 2.75) is 33.1 Å². The summed E-state index contributed by atoms with van der Waals surface area (Å²) in [6.45, 7) is 13.1. The van der Waals surface area contributed by atoms with Crippen LogP contribution >= 0.6 is 0 Å². The molecule has 0 heterocycles. The van der Waals surface area contributed by atoms with E-state index < -0.39 is 0 Å². The average Bonchev–Trinajstić information content (AvgIpc) is 2.66. The normalized spacial score (nSPS) is 10.0. The minimum Gasteiger partial charge on any atom is -0.375 e. The van der Waals surface area contributed by atoms with Crippen LogP contribution in [0.15, 0.2) is 72.9 Å². The van der Waals surface area contributed by atoms with Crippen molar-refractivity contribution in [3.63, 3.8) is 0 Å². The molecular formula is C22H32N2. The number of hydrogen-bond acceptors (Lipinski definition) is 2. The van der Waals surface area contributed by atoms with E-state index >= 15 is 0 Å². The molecular weight excluding hydrogens is 292 g/mol. The van der Waals surface area contributed by atoms with Gasteiger partial charge in [-0.2, -0.15) is 0 Å². The maximum Gasteiger partial charge on any atom is 0.0324 e. The first kappa shape index (κ1) is 20.0. The van der Waals surface area contributed by atoms with Crippen LogP contribution in [0.3, 0.4) is 0 Å². The summed E-state index contributed by atoms with van der Waals surface area (Å²) >= 11 is 0. The summed E-state index contributed by atoms with van der Waals surface area (Å²) in [4.78, 5) is 2.21. The number of nitrogens with two attached hydrogens (primary N) is 1. The van der Waals surface area contributed by atoms with Crippen LogP contribution in [0.1, 0.15) is 44.2 Å². The molecule has 0 aliphatic heterocycles. The van der Waals surface area contributed by atoms with Gasteiger partial charge in [0.25, 0.3) is 0 Å². The molecule has 2 aromatic rings. The van der Waals surface area contributed by atoms with E-state index in [0.717, 1.165) is 25.2 Å². The number of likely N-dealkylation sites (N-methyl/N-ethyl adjacent to an activating group) is 1. The molecule has 0 spiro atoms. The fourth-order valence-corrected chi connectivity index (χ4v) is 2.61. The van der Waals surface area contributed by atoms with Gasteiger partial charge in [-0.15, -0.1) is 0 Å². The Balaban J connectivity index is 0.000000257. The van der Waals surface area contributed by atoms with Crippen LogP contribution in [0, 0.1) is 0 Å². The fourth-order valence-electron chi connectivity index (χ4n) is 2.61. The number of rotatable bonds is 7. The number of hydrogen-bond donors (Lipinski definition) is 1. The lowest BCUT2D eigenvalue weighted by Crippen LogP contribution is -2.27. The first-order valence-electron chi connectivity index (χ1n) is 8.86. The maximum atomic E-state index is 5.44. The van der Waals surface area contributed by atoms with Gasteiger partial charge in [-0.1, -0.05) is 81.1 Å². The van der Waals surface area contributed by atoms with Crippen molar-refractivity contribution in [1.29, 1.82) is 0 Å². The zero-order valence-corrected chi connectivity index (χ0v) is 15.4.